The van der Waals surface area contributed by atoms with E-state index in [4.69, 9.17) is 4.98 Å². The minimum absolute atomic E-state index is 0.107. The lowest BCUT2D eigenvalue weighted by Gasteiger charge is -2.18. The van der Waals surface area contributed by atoms with Crippen molar-refractivity contribution in [3.63, 3.8) is 0 Å². The zero-order valence-electron chi connectivity index (χ0n) is 15.7. The summed E-state index contributed by atoms with van der Waals surface area (Å²) in [5.41, 5.74) is 1.62. The summed E-state index contributed by atoms with van der Waals surface area (Å²) in [6.07, 6.45) is 0.878. The molecule has 0 spiro atoms. The Bertz CT molecular complexity index is 1010. The van der Waals surface area contributed by atoms with Gasteiger partial charge in [0.25, 0.3) is 5.56 Å². The van der Waals surface area contributed by atoms with Crippen LogP contribution in [0.4, 0.5) is 0 Å². The molecule has 0 aliphatic carbocycles. The van der Waals surface area contributed by atoms with Gasteiger partial charge in [0.05, 0.1) is 16.6 Å². The Kier molecular flexibility index (Phi) is 4.77. The van der Waals surface area contributed by atoms with Crippen molar-refractivity contribution in [2.45, 2.75) is 40.5 Å². The SMILES string of the molecule is CCc1nc2cccc(CC(=O)C(C)(C)C)c2c(=O)n1-c1ccccc1. The van der Waals surface area contributed by atoms with Gasteiger partial charge in [-0.3, -0.25) is 14.2 Å². The Morgan fingerprint density at radius 1 is 1.04 bits per heavy atom. The normalized spacial score (nSPS) is 11.7. The maximum absolute atomic E-state index is 13.4. The maximum Gasteiger partial charge on any atom is 0.266 e. The summed E-state index contributed by atoms with van der Waals surface area (Å²) >= 11 is 0. The largest absolute Gasteiger partial charge is 0.299 e. The first-order chi connectivity index (χ1) is 12.3. The third kappa shape index (κ3) is 3.32. The Morgan fingerprint density at radius 2 is 1.73 bits per heavy atom. The molecule has 0 amide bonds. The van der Waals surface area contributed by atoms with Crippen molar-refractivity contribution in [3.8, 4) is 5.69 Å². The van der Waals surface area contributed by atoms with Crippen LogP contribution < -0.4 is 5.56 Å². The summed E-state index contributed by atoms with van der Waals surface area (Å²) in [5, 5.41) is 0.533. The average Bonchev–Trinajstić information content (AvgIpc) is 2.61. The molecule has 0 saturated carbocycles. The molecular weight excluding hydrogens is 324 g/mol. The van der Waals surface area contributed by atoms with Crippen molar-refractivity contribution in [2.24, 2.45) is 5.41 Å². The summed E-state index contributed by atoms with van der Waals surface area (Å²) in [5.74, 6) is 0.822. The lowest BCUT2D eigenvalue weighted by Crippen LogP contribution is -2.26. The van der Waals surface area contributed by atoms with E-state index in [1.807, 2.05) is 76.2 Å². The summed E-state index contributed by atoms with van der Waals surface area (Å²) in [6.45, 7) is 7.68. The number of carbonyl (C=O) groups excluding carboxylic acids is 1. The second-order valence-electron chi connectivity index (χ2n) is 7.52. The maximum atomic E-state index is 13.4. The number of hydrogen-bond acceptors (Lipinski definition) is 3. The molecule has 26 heavy (non-hydrogen) atoms. The number of Topliss-reactive ketones (excluding diaryl/α,β-unsaturated/α-hetero) is 1. The van der Waals surface area contributed by atoms with Crippen molar-refractivity contribution in [2.75, 3.05) is 0 Å². The van der Waals surface area contributed by atoms with Crippen LogP contribution in [-0.4, -0.2) is 15.3 Å². The van der Waals surface area contributed by atoms with Gasteiger partial charge in [-0.1, -0.05) is 58.0 Å². The van der Waals surface area contributed by atoms with Gasteiger partial charge in [0.2, 0.25) is 0 Å². The molecule has 0 aliphatic heterocycles. The van der Waals surface area contributed by atoms with E-state index in [0.29, 0.717) is 23.1 Å². The molecule has 0 N–H and O–H groups in total. The predicted molar refractivity (Wildman–Crippen MR) is 105 cm³/mol. The van der Waals surface area contributed by atoms with E-state index in [2.05, 4.69) is 0 Å². The number of ketones is 1. The van der Waals surface area contributed by atoms with Crippen LogP contribution in [0.1, 0.15) is 39.1 Å². The Hall–Kier alpha value is -2.75. The first-order valence-corrected chi connectivity index (χ1v) is 8.95. The lowest BCUT2D eigenvalue weighted by molar-refractivity contribution is -0.125. The van der Waals surface area contributed by atoms with Gasteiger partial charge < -0.3 is 0 Å². The van der Waals surface area contributed by atoms with Crippen molar-refractivity contribution in [1.29, 1.82) is 0 Å². The average molecular weight is 348 g/mol. The third-order valence-electron chi connectivity index (χ3n) is 4.57. The summed E-state index contributed by atoms with van der Waals surface area (Å²) in [7, 11) is 0. The first kappa shape index (κ1) is 18.1. The number of carbonyl (C=O) groups is 1. The van der Waals surface area contributed by atoms with Crippen LogP contribution in [0, 0.1) is 5.41 Å². The highest BCUT2D eigenvalue weighted by Crippen LogP contribution is 2.22. The van der Waals surface area contributed by atoms with E-state index in [0.717, 1.165) is 11.3 Å². The van der Waals surface area contributed by atoms with Gasteiger partial charge in [-0.25, -0.2) is 4.98 Å². The number of fused-ring (bicyclic) bond motifs is 1. The Morgan fingerprint density at radius 3 is 2.35 bits per heavy atom. The molecule has 4 heteroatoms. The van der Waals surface area contributed by atoms with Crippen LogP contribution in [0.15, 0.2) is 53.3 Å². The van der Waals surface area contributed by atoms with Crippen LogP contribution in [0.5, 0.6) is 0 Å². The molecule has 4 nitrogen and oxygen atoms in total. The molecule has 0 fully saturated rings. The van der Waals surface area contributed by atoms with Gasteiger partial charge in [-0.05, 0) is 23.8 Å². The molecule has 0 atom stereocenters. The van der Waals surface area contributed by atoms with E-state index >= 15 is 0 Å². The molecule has 2 aromatic carbocycles. The minimum Gasteiger partial charge on any atom is -0.299 e. The van der Waals surface area contributed by atoms with E-state index in [1.54, 1.807) is 4.57 Å². The highest BCUT2D eigenvalue weighted by atomic mass is 16.1. The lowest BCUT2D eigenvalue weighted by atomic mass is 9.86. The second kappa shape index (κ2) is 6.87. The van der Waals surface area contributed by atoms with Gasteiger partial charge in [0.1, 0.15) is 11.6 Å². The van der Waals surface area contributed by atoms with Crippen molar-refractivity contribution in [1.82, 2.24) is 9.55 Å². The number of para-hydroxylation sites is 1. The van der Waals surface area contributed by atoms with Gasteiger partial charge in [-0.15, -0.1) is 0 Å². The number of rotatable bonds is 4. The van der Waals surface area contributed by atoms with Gasteiger partial charge in [0.15, 0.2) is 0 Å². The van der Waals surface area contributed by atoms with Crippen molar-refractivity contribution >= 4 is 16.7 Å². The molecule has 1 aromatic heterocycles. The number of aromatic nitrogens is 2. The van der Waals surface area contributed by atoms with Crippen molar-refractivity contribution < 1.29 is 4.79 Å². The van der Waals surface area contributed by atoms with Gasteiger partial charge in [-0.2, -0.15) is 0 Å². The second-order valence-corrected chi connectivity index (χ2v) is 7.52. The monoisotopic (exact) mass is 348 g/mol. The highest BCUT2D eigenvalue weighted by molar-refractivity contribution is 5.91. The van der Waals surface area contributed by atoms with E-state index in [9.17, 15) is 9.59 Å². The third-order valence-corrected chi connectivity index (χ3v) is 4.57. The molecular formula is C22H24N2O2. The van der Waals surface area contributed by atoms with E-state index < -0.39 is 5.41 Å². The molecule has 1 heterocycles. The number of nitrogens with zero attached hydrogens (tertiary/aromatic N) is 2. The quantitative estimate of drug-likeness (QED) is 0.713. The number of hydrogen-bond donors (Lipinski definition) is 0. The number of aryl methyl sites for hydroxylation is 1. The van der Waals surface area contributed by atoms with Crippen molar-refractivity contribution in [3.05, 3.63) is 70.3 Å². The number of benzene rings is 2. The first-order valence-electron chi connectivity index (χ1n) is 8.95. The summed E-state index contributed by atoms with van der Waals surface area (Å²) < 4.78 is 1.66. The Balaban J connectivity index is 2.27. The van der Waals surface area contributed by atoms with Crippen LogP contribution in [0.2, 0.25) is 0 Å². The predicted octanol–water partition coefficient (Wildman–Crippen LogP) is 4.11. The topological polar surface area (TPSA) is 52.0 Å². The zero-order valence-corrected chi connectivity index (χ0v) is 15.7. The molecule has 0 bridgehead atoms. The standard InChI is InChI=1S/C22H24N2O2/c1-5-19-23-17-13-9-10-15(14-18(25)22(2,3)4)20(17)21(26)24(19)16-11-7-6-8-12-16/h6-13H,5,14H2,1-4H3. The zero-order chi connectivity index (χ0) is 18.9. The van der Waals surface area contributed by atoms with Crippen LogP contribution >= 0.6 is 0 Å². The fourth-order valence-electron chi connectivity index (χ4n) is 3.01. The minimum atomic E-state index is -0.447. The molecule has 3 rings (SSSR count). The van der Waals surface area contributed by atoms with Crippen LogP contribution in [0.25, 0.3) is 16.6 Å². The smallest absolute Gasteiger partial charge is 0.266 e. The van der Waals surface area contributed by atoms with Crippen LogP contribution in [-0.2, 0) is 17.6 Å². The summed E-state index contributed by atoms with van der Waals surface area (Å²) in [6, 6.07) is 15.1. The molecule has 0 saturated heterocycles. The fraction of sp³-hybridized carbons (Fsp3) is 0.318. The highest BCUT2D eigenvalue weighted by Gasteiger charge is 2.23. The fourth-order valence-corrected chi connectivity index (χ4v) is 3.01. The molecule has 134 valence electrons. The molecule has 0 aliphatic rings. The van der Waals surface area contributed by atoms with Gasteiger partial charge >= 0.3 is 0 Å². The molecule has 0 unspecified atom stereocenters. The van der Waals surface area contributed by atoms with Crippen LogP contribution in [0.3, 0.4) is 0 Å². The molecule has 0 radical (unpaired) electrons. The summed E-state index contributed by atoms with van der Waals surface area (Å²) in [4.78, 5) is 30.6. The van der Waals surface area contributed by atoms with E-state index in [1.165, 1.54) is 0 Å². The molecule has 3 aromatic rings. The van der Waals surface area contributed by atoms with E-state index in [-0.39, 0.29) is 17.8 Å². The Labute approximate surface area is 153 Å². The van der Waals surface area contributed by atoms with Gasteiger partial charge in [0, 0.05) is 18.3 Å².